The fraction of sp³-hybridized carbons (Fsp3) is 0.172. The molecule has 2 aromatic carbocycles. The first-order valence-electron chi connectivity index (χ1n) is 12.4. The van der Waals surface area contributed by atoms with Gasteiger partial charge in [-0.3, -0.25) is 14.4 Å². The summed E-state index contributed by atoms with van der Waals surface area (Å²) in [7, 11) is 1.49. The smallest absolute Gasteiger partial charge is 0.276 e. The molecule has 0 aliphatic carbocycles. The number of aromatic amines is 1. The summed E-state index contributed by atoms with van der Waals surface area (Å²) in [5, 5.41) is 5.56. The van der Waals surface area contributed by atoms with Crippen LogP contribution in [0.1, 0.15) is 38.1 Å². The highest BCUT2D eigenvalue weighted by atomic mass is 16.5. The topological polar surface area (TPSA) is 121 Å². The standard InChI is InChI=1S/C29H28N6O4/c1-3-26(36)32-22-17-20(11-12-24(22)39-2)31-28(37)27-23-18-34(29(38)21-10-7-13-30-21)14-15-35(23)25(33-27)16-19-8-5-4-6-9-19/h3-13,17,30H,1,14-16,18H2,2H3,(H,31,37)(H,32,36). The van der Waals surface area contributed by atoms with Gasteiger partial charge in [0.25, 0.3) is 11.8 Å². The minimum absolute atomic E-state index is 0.138. The van der Waals surface area contributed by atoms with Crippen LogP contribution in [0.3, 0.4) is 0 Å². The van der Waals surface area contributed by atoms with Gasteiger partial charge in [0.1, 0.15) is 17.3 Å². The molecule has 0 bridgehead atoms. The lowest BCUT2D eigenvalue weighted by Gasteiger charge is -2.29. The molecule has 198 valence electrons. The molecule has 39 heavy (non-hydrogen) atoms. The monoisotopic (exact) mass is 524 g/mol. The first kappa shape index (κ1) is 25.5. The van der Waals surface area contributed by atoms with Crippen LogP contribution in [0.15, 0.2) is 79.5 Å². The molecule has 1 aliphatic rings. The third kappa shape index (κ3) is 5.45. The Bertz CT molecular complexity index is 1520. The van der Waals surface area contributed by atoms with Gasteiger partial charge in [-0.2, -0.15) is 0 Å². The lowest BCUT2D eigenvalue weighted by atomic mass is 10.1. The largest absolute Gasteiger partial charge is 0.495 e. The minimum atomic E-state index is -0.418. The Morgan fingerprint density at radius 3 is 2.62 bits per heavy atom. The van der Waals surface area contributed by atoms with Crippen LogP contribution in [0.2, 0.25) is 0 Å². The maximum atomic E-state index is 13.6. The third-order valence-corrected chi connectivity index (χ3v) is 6.52. The molecule has 0 spiro atoms. The van der Waals surface area contributed by atoms with Gasteiger partial charge in [0.2, 0.25) is 5.91 Å². The molecule has 0 radical (unpaired) electrons. The summed E-state index contributed by atoms with van der Waals surface area (Å²) < 4.78 is 7.35. The minimum Gasteiger partial charge on any atom is -0.495 e. The third-order valence-electron chi connectivity index (χ3n) is 6.52. The van der Waals surface area contributed by atoms with Crippen molar-refractivity contribution < 1.29 is 19.1 Å². The Hall–Kier alpha value is -5.12. The van der Waals surface area contributed by atoms with E-state index in [1.807, 2.05) is 34.9 Å². The average Bonchev–Trinajstić information content (AvgIpc) is 3.62. The van der Waals surface area contributed by atoms with Crippen LogP contribution in [0.5, 0.6) is 5.75 Å². The van der Waals surface area contributed by atoms with Gasteiger partial charge >= 0.3 is 0 Å². The van der Waals surface area contributed by atoms with Crippen LogP contribution in [0, 0.1) is 0 Å². The molecule has 3 heterocycles. The second-order valence-electron chi connectivity index (χ2n) is 9.01. The molecule has 3 N–H and O–H groups in total. The van der Waals surface area contributed by atoms with Gasteiger partial charge in [-0.25, -0.2) is 4.98 Å². The molecule has 10 heteroatoms. The van der Waals surface area contributed by atoms with Gasteiger partial charge in [0.05, 0.1) is 25.0 Å². The van der Waals surface area contributed by atoms with Crippen LogP contribution in [-0.4, -0.2) is 50.8 Å². The lowest BCUT2D eigenvalue weighted by molar-refractivity contribution is -0.111. The maximum absolute atomic E-state index is 13.6. The Kier molecular flexibility index (Phi) is 7.26. The number of carbonyl (C=O) groups is 3. The number of amides is 3. The van der Waals surface area contributed by atoms with E-state index >= 15 is 0 Å². The highest BCUT2D eigenvalue weighted by molar-refractivity contribution is 6.05. The van der Waals surface area contributed by atoms with Crippen molar-refractivity contribution in [2.24, 2.45) is 0 Å². The predicted molar refractivity (Wildman–Crippen MR) is 147 cm³/mol. The summed E-state index contributed by atoms with van der Waals surface area (Å²) in [5.41, 5.74) is 3.31. The molecule has 0 unspecified atom stereocenters. The number of imidazole rings is 1. The normalized spacial score (nSPS) is 12.4. The highest BCUT2D eigenvalue weighted by Gasteiger charge is 2.30. The van der Waals surface area contributed by atoms with Crippen LogP contribution in [0.4, 0.5) is 11.4 Å². The van der Waals surface area contributed by atoms with Crippen molar-refractivity contribution in [3.05, 3.63) is 108 Å². The number of ether oxygens (including phenoxy) is 1. The number of H-pyrrole nitrogens is 1. The number of aromatic nitrogens is 3. The number of nitrogens with one attached hydrogen (secondary N) is 3. The van der Waals surface area contributed by atoms with E-state index in [9.17, 15) is 14.4 Å². The van der Waals surface area contributed by atoms with E-state index < -0.39 is 11.8 Å². The summed E-state index contributed by atoms with van der Waals surface area (Å²) in [5.74, 6) is 0.227. The number of anilines is 2. The van der Waals surface area contributed by atoms with E-state index in [0.717, 1.165) is 17.5 Å². The number of hydrogen-bond donors (Lipinski definition) is 3. The van der Waals surface area contributed by atoms with Crippen LogP contribution in [-0.2, 0) is 24.3 Å². The first-order valence-corrected chi connectivity index (χ1v) is 12.4. The zero-order valence-electron chi connectivity index (χ0n) is 21.4. The predicted octanol–water partition coefficient (Wildman–Crippen LogP) is 3.84. The highest BCUT2D eigenvalue weighted by Crippen LogP contribution is 2.29. The average molecular weight is 525 g/mol. The Labute approximate surface area is 225 Å². The number of benzene rings is 2. The zero-order chi connectivity index (χ0) is 27.4. The summed E-state index contributed by atoms with van der Waals surface area (Å²) in [6, 6.07) is 18.3. The van der Waals surface area contributed by atoms with Gasteiger partial charge in [0.15, 0.2) is 5.69 Å². The molecule has 2 aromatic heterocycles. The molecular formula is C29H28N6O4. The van der Waals surface area contributed by atoms with Crippen molar-refractivity contribution in [3.63, 3.8) is 0 Å². The maximum Gasteiger partial charge on any atom is 0.276 e. The second kappa shape index (κ2) is 11.1. The molecular weight excluding hydrogens is 496 g/mol. The van der Waals surface area contributed by atoms with Gasteiger partial charge in [0, 0.05) is 31.4 Å². The van der Waals surface area contributed by atoms with E-state index in [4.69, 9.17) is 9.72 Å². The number of carbonyl (C=O) groups excluding carboxylic acids is 3. The first-order chi connectivity index (χ1) is 19.0. The molecule has 0 saturated heterocycles. The number of nitrogens with zero attached hydrogens (tertiary/aromatic N) is 3. The molecule has 0 atom stereocenters. The second-order valence-corrected chi connectivity index (χ2v) is 9.01. The Morgan fingerprint density at radius 1 is 1.08 bits per heavy atom. The van der Waals surface area contributed by atoms with Gasteiger partial charge in [-0.05, 0) is 42.0 Å². The Balaban J connectivity index is 1.46. The molecule has 1 aliphatic heterocycles. The van der Waals surface area contributed by atoms with Crippen molar-refractivity contribution in [3.8, 4) is 5.75 Å². The van der Waals surface area contributed by atoms with Gasteiger partial charge < -0.3 is 29.8 Å². The number of hydrogen-bond acceptors (Lipinski definition) is 5. The van der Waals surface area contributed by atoms with E-state index in [0.29, 0.717) is 48.0 Å². The van der Waals surface area contributed by atoms with E-state index in [2.05, 4.69) is 22.2 Å². The van der Waals surface area contributed by atoms with Gasteiger partial charge in [-0.1, -0.05) is 36.9 Å². The molecule has 0 fully saturated rings. The molecule has 10 nitrogen and oxygen atoms in total. The van der Waals surface area contributed by atoms with Crippen molar-refractivity contribution >= 4 is 29.1 Å². The van der Waals surface area contributed by atoms with Crippen molar-refractivity contribution in [1.29, 1.82) is 0 Å². The summed E-state index contributed by atoms with van der Waals surface area (Å²) in [4.78, 5) is 47.9. The summed E-state index contributed by atoms with van der Waals surface area (Å²) in [6.07, 6.45) is 3.40. The van der Waals surface area contributed by atoms with Crippen LogP contribution in [0.25, 0.3) is 0 Å². The number of methoxy groups -OCH3 is 1. The quantitative estimate of drug-likeness (QED) is 0.303. The SMILES string of the molecule is C=CC(=O)Nc1cc(NC(=O)c2nc(Cc3ccccc3)n3c2CN(C(=O)c2ccc[nH]2)CC3)ccc1OC. The van der Waals surface area contributed by atoms with Gasteiger partial charge in [-0.15, -0.1) is 0 Å². The molecule has 5 rings (SSSR count). The van der Waals surface area contributed by atoms with Crippen molar-refractivity contribution in [2.75, 3.05) is 24.3 Å². The number of rotatable bonds is 8. The van der Waals surface area contributed by atoms with Crippen LogP contribution < -0.4 is 15.4 Å². The van der Waals surface area contributed by atoms with Crippen molar-refractivity contribution in [2.45, 2.75) is 19.5 Å². The molecule has 0 saturated carbocycles. The van der Waals surface area contributed by atoms with Crippen LogP contribution >= 0.6 is 0 Å². The fourth-order valence-corrected chi connectivity index (χ4v) is 4.60. The van der Waals surface area contributed by atoms with E-state index in [1.165, 1.54) is 7.11 Å². The Morgan fingerprint density at radius 2 is 1.90 bits per heavy atom. The summed E-state index contributed by atoms with van der Waals surface area (Å²) >= 11 is 0. The molecule has 4 aromatic rings. The summed E-state index contributed by atoms with van der Waals surface area (Å²) in [6.45, 7) is 4.72. The van der Waals surface area contributed by atoms with Crippen molar-refractivity contribution in [1.82, 2.24) is 19.4 Å². The van der Waals surface area contributed by atoms with E-state index in [1.54, 1.807) is 41.4 Å². The lowest BCUT2D eigenvalue weighted by Crippen LogP contribution is -2.39. The van der Waals surface area contributed by atoms with E-state index in [-0.39, 0.29) is 18.1 Å². The molecule has 3 amide bonds. The fourth-order valence-electron chi connectivity index (χ4n) is 4.60. The number of fused-ring (bicyclic) bond motifs is 1. The zero-order valence-corrected chi connectivity index (χ0v) is 21.4.